The van der Waals surface area contributed by atoms with Gasteiger partial charge >= 0.3 is 23.9 Å². The zero-order valence-electron chi connectivity index (χ0n) is 12.4. The Bertz CT molecular complexity index is 766. The first-order valence-corrected chi connectivity index (χ1v) is 7.51. The molecule has 118 valence electrons. The van der Waals surface area contributed by atoms with E-state index in [2.05, 4.69) is 4.74 Å². The maximum atomic E-state index is 12.2. The summed E-state index contributed by atoms with van der Waals surface area (Å²) in [6.07, 6.45) is 0.286. The van der Waals surface area contributed by atoms with E-state index in [1.165, 1.54) is 0 Å². The molecule has 0 saturated carbocycles. The first-order valence-electron chi connectivity index (χ1n) is 7.51. The number of fused-ring (bicyclic) bond motifs is 3. The summed E-state index contributed by atoms with van der Waals surface area (Å²) in [6.45, 7) is 1.69. The van der Waals surface area contributed by atoms with Crippen LogP contribution >= 0.6 is 0 Å². The van der Waals surface area contributed by atoms with Gasteiger partial charge < -0.3 is 9.47 Å². The molecule has 6 nitrogen and oxygen atoms in total. The molecule has 3 aliphatic rings. The molecule has 2 fully saturated rings. The molecule has 6 heteroatoms. The van der Waals surface area contributed by atoms with Crippen molar-refractivity contribution in [2.75, 3.05) is 0 Å². The molecular formula is C17H14O6. The highest BCUT2D eigenvalue weighted by molar-refractivity contribution is 6.03. The lowest BCUT2D eigenvalue weighted by Gasteiger charge is -2.38. The third-order valence-corrected chi connectivity index (χ3v) is 5.27. The molecule has 23 heavy (non-hydrogen) atoms. The number of esters is 4. The van der Waals surface area contributed by atoms with E-state index in [1.54, 1.807) is 19.1 Å². The molecule has 4 atom stereocenters. The summed E-state index contributed by atoms with van der Waals surface area (Å²) in [5.74, 6) is -3.84. The molecule has 1 aliphatic carbocycles. The number of cyclic esters (lactones) is 4. The third kappa shape index (κ3) is 1.81. The van der Waals surface area contributed by atoms with Gasteiger partial charge in [-0.3, -0.25) is 19.2 Å². The van der Waals surface area contributed by atoms with Gasteiger partial charge in [-0.25, -0.2) is 0 Å². The van der Waals surface area contributed by atoms with Crippen LogP contribution in [0, 0.1) is 11.3 Å². The predicted octanol–water partition coefficient (Wildman–Crippen LogP) is 1.44. The highest BCUT2D eigenvalue weighted by Gasteiger charge is 2.60. The molecule has 0 amide bonds. The van der Waals surface area contributed by atoms with Crippen molar-refractivity contribution in [3.8, 4) is 0 Å². The average molecular weight is 314 g/mol. The number of benzene rings is 1. The van der Waals surface area contributed by atoms with Crippen LogP contribution in [0.3, 0.4) is 0 Å². The second kappa shape index (κ2) is 4.50. The summed E-state index contributed by atoms with van der Waals surface area (Å²) < 4.78 is 9.54. The molecule has 1 aromatic rings. The van der Waals surface area contributed by atoms with Crippen molar-refractivity contribution in [1.82, 2.24) is 0 Å². The lowest BCUT2D eigenvalue weighted by Crippen LogP contribution is -2.38. The quantitative estimate of drug-likeness (QED) is 0.576. The van der Waals surface area contributed by atoms with Gasteiger partial charge in [-0.2, -0.15) is 0 Å². The van der Waals surface area contributed by atoms with Crippen molar-refractivity contribution in [1.29, 1.82) is 0 Å². The Morgan fingerprint density at radius 1 is 0.957 bits per heavy atom. The van der Waals surface area contributed by atoms with Crippen LogP contribution < -0.4 is 0 Å². The summed E-state index contributed by atoms with van der Waals surface area (Å²) in [6, 6.07) is 7.23. The fourth-order valence-electron chi connectivity index (χ4n) is 4.15. The van der Waals surface area contributed by atoms with Crippen LogP contribution in [-0.2, 0) is 28.7 Å². The van der Waals surface area contributed by atoms with Crippen LogP contribution in [0.25, 0.3) is 0 Å². The van der Waals surface area contributed by atoms with Gasteiger partial charge in [0, 0.05) is 0 Å². The Morgan fingerprint density at radius 3 is 2.30 bits per heavy atom. The largest absolute Gasteiger partial charge is 0.393 e. The average Bonchev–Trinajstić information content (AvgIpc) is 2.95. The van der Waals surface area contributed by atoms with Crippen molar-refractivity contribution in [2.45, 2.75) is 31.6 Å². The topological polar surface area (TPSA) is 86.7 Å². The number of rotatable bonds is 1. The molecule has 0 spiro atoms. The lowest BCUT2D eigenvalue weighted by molar-refractivity contribution is -0.157. The summed E-state index contributed by atoms with van der Waals surface area (Å²) in [5.41, 5.74) is 0.509. The normalized spacial score (nSPS) is 35.6. The minimum atomic E-state index is -1.01. The fourth-order valence-corrected chi connectivity index (χ4v) is 4.15. The van der Waals surface area contributed by atoms with Crippen LogP contribution in [0.4, 0.5) is 0 Å². The van der Waals surface area contributed by atoms with E-state index >= 15 is 0 Å². The Balaban J connectivity index is 1.86. The zero-order chi connectivity index (χ0) is 16.4. The summed E-state index contributed by atoms with van der Waals surface area (Å²) in [7, 11) is 0. The van der Waals surface area contributed by atoms with E-state index in [-0.39, 0.29) is 18.8 Å². The van der Waals surface area contributed by atoms with Crippen LogP contribution in [0.15, 0.2) is 24.3 Å². The van der Waals surface area contributed by atoms with E-state index in [9.17, 15) is 19.2 Å². The summed E-state index contributed by atoms with van der Waals surface area (Å²) in [5, 5.41) is 0. The van der Waals surface area contributed by atoms with Gasteiger partial charge in [0.1, 0.15) is 0 Å². The minimum absolute atomic E-state index is 0.00156. The third-order valence-electron chi connectivity index (χ3n) is 5.27. The van der Waals surface area contributed by atoms with Gasteiger partial charge in [0.05, 0.1) is 23.7 Å². The number of hydrogen-bond acceptors (Lipinski definition) is 6. The Morgan fingerprint density at radius 2 is 1.65 bits per heavy atom. The van der Waals surface area contributed by atoms with Gasteiger partial charge in [-0.05, 0) is 30.4 Å². The van der Waals surface area contributed by atoms with Crippen molar-refractivity contribution < 1.29 is 28.7 Å². The van der Waals surface area contributed by atoms with Crippen LogP contribution in [0.2, 0.25) is 0 Å². The van der Waals surface area contributed by atoms with Gasteiger partial charge in [-0.1, -0.05) is 24.3 Å². The van der Waals surface area contributed by atoms with Gasteiger partial charge in [-0.15, -0.1) is 0 Å². The SMILES string of the molecule is CC12CC(C3CC(=O)OC3=O)c3ccccc3C1C(=O)OC2=O. The number of carbonyl (C=O) groups excluding carboxylic acids is 4. The van der Waals surface area contributed by atoms with Gasteiger partial charge in [0.25, 0.3) is 0 Å². The van der Waals surface area contributed by atoms with Crippen molar-refractivity contribution >= 4 is 23.9 Å². The second-order valence-electron chi connectivity index (χ2n) is 6.60. The van der Waals surface area contributed by atoms with E-state index in [4.69, 9.17) is 4.74 Å². The summed E-state index contributed by atoms with van der Waals surface area (Å²) in [4.78, 5) is 47.8. The Hall–Kier alpha value is -2.50. The molecule has 2 heterocycles. The first kappa shape index (κ1) is 14.1. The summed E-state index contributed by atoms with van der Waals surface area (Å²) >= 11 is 0. The van der Waals surface area contributed by atoms with Crippen molar-refractivity contribution in [2.24, 2.45) is 11.3 Å². The molecule has 0 bridgehead atoms. The highest BCUT2D eigenvalue weighted by atomic mass is 16.6. The number of ether oxygens (including phenoxy) is 2. The first-order chi connectivity index (χ1) is 10.9. The van der Waals surface area contributed by atoms with Crippen molar-refractivity contribution in [3.05, 3.63) is 35.4 Å². The Labute approximate surface area is 131 Å². The van der Waals surface area contributed by atoms with E-state index in [0.717, 1.165) is 5.56 Å². The molecule has 4 unspecified atom stereocenters. The van der Waals surface area contributed by atoms with E-state index < -0.39 is 41.1 Å². The fraction of sp³-hybridized carbons (Fsp3) is 0.412. The van der Waals surface area contributed by atoms with Crippen molar-refractivity contribution in [3.63, 3.8) is 0 Å². The standard InChI is InChI=1S/C17H14O6/c1-17-7-11(10-6-12(18)22-14(10)19)8-4-2-3-5-9(8)13(17)15(20)23-16(17)21/h2-5,10-11,13H,6-7H2,1H3. The maximum Gasteiger partial charge on any atom is 0.322 e. The minimum Gasteiger partial charge on any atom is -0.393 e. The smallest absolute Gasteiger partial charge is 0.322 e. The monoisotopic (exact) mass is 314 g/mol. The molecule has 2 aliphatic heterocycles. The van der Waals surface area contributed by atoms with E-state index in [1.807, 2.05) is 12.1 Å². The van der Waals surface area contributed by atoms with Gasteiger partial charge in [0.2, 0.25) is 0 Å². The number of hydrogen-bond donors (Lipinski definition) is 0. The molecule has 2 saturated heterocycles. The van der Waals surface area contributed by atoms with E-state index in [0.29, 0.717) is 5.56 Å². The molecule has 1 aromatic carbocycles. The molecular weight excluding hydrogens is 300 g/mol. The predicted molar refractivity (Wildman–Crippen MR) is 75.0 cm³/mol. The zero-order valence-corrected chi connectivity index (χ0v) is 12.4. The van der Waals surface area contributed by atoms with Gasteiger partial charge in [0.15, 0.2) is 0 Å². The number of carbonyl (C=O) groups is 4. The lowest BCUT2D eigenvalue weighted by atomic mass is 9.60. The molecule has 0 radical (unpaired) electrons. The molecule has 0 aromatic heterocycles. The van der Waals surface area contributed by atoms with Crippen LogP contribution in [0.1, 0.15) is 42.7 Å². The molecule has 4 rings (SSSR count). The van der Waals surface area contributed by atoms with Crippen LogP contribution in [0.5, 0.6) is 0 Å². The highest BCUT2D eigenvalue weighted by Crippen LogP contribution is 2.57. The maximum absolute atomic E-state index is 12.2. The molecule has 0 N–H and O–H groups in total. The Kier molecular flexibility index (Phi) is 2.76. The van der Waals surface area contributed by atoms with Crippen LogP contribution in [-0.4, -0.2) is 23.9 Å². The second-order valence-corrected chi connectivity index (χ2v) is 6.60.